The summed E-state index contributed by atoms with van der Waals surface area (Å²) >= 11 is 0. The first-order valence-corrected chi connectivity index (χ1v) is 9.96. The van der Waals surface area contributed by atoms with Crippen LogP contribution in [0.25, 0.3) is 0 Å². The van der Waals surface area contributed by atoms with Crippen LogP contribution in [0.2, 0.25) is 0 Å². The molecule has 152 valence electrons. The average molecular weight is 386 g/mol. The van der Waals surface area contributed by atoms with Gasteiger partial charge in [-0.1, -0.05) is 31.9 Å². The zero-order valence-electron chi connectivity index (χ0n) is 17.3. The van der Waals surface area contributed by atoms with E-state index in [1.165, 1.54) is 11.8 Å². The second-order valence-electron chi connectivity index (χ2n) is 7.60. The normalized spacial score (nSPS) is 17.0. The highest BCUT2D eigenvalue weighted by Gasteiger charge is 2.36. The van der Waals surface area contributed by atoms with Crippen molar-refractivity contribution in [2.24, 2.45) is 5.92 Å². The SMILES string of the molecule is CCCCCN1C(=O)CCC(CC(=O)c2c(C(C)=O)cccc2N(C)C)C1=O. The Morgan fingerprint density at radius 2 is 1.89 bits per heavy atom. The highest BCUT2D eigenvalue weighted by Crippen LogP contribution is 2.29. The van der Waals surface area contributed by atoms with Crippen molar-refractivity contribution in [3.8, 4) is 0 Å². The molecule has 1 aliphatic heterocycles. The van der Waals surface area contributed by atoms with Crippen LogP contribution in [0.1, 0.15) is 73.1 Å². The zero-order valence-corrected chi connectivity index (χ0v) is 17.3. The minimum atomic E-state index is -0.512. The van der Waals surface area contributed by atoms with Crippen molar-refractivity contribution in [3.63, 3.8) is 0 Å². The molecule has 0 bridgehead atoms. The summed E-state index contributed by atoms with van der Waals surface area (Å²) in [5.74, 6) is -1.33. The Kier molecular flexibility index (Phi) is 7.49. The van der Waals surface area contributed by atoms with Gasteiger partial charge in [0.05, 0.1) is 5.56 Å². The first-order valence-electron chi connectivity index (χ1n) is 9.96. The minimum Gasteiger partial charge on any atom is -0.377 e. The third-order valence-corrected chi connectivity index (χ3v) is 5.22. The maximum Gasteiger partial charge on any atom is 0.232 e. The summed E-state index contributed by atoms with van der Waals surface area (Å²) in [4.78, 5) is 53.3. The maximum absolute atomic E-state index is 13.1. The molecule has 6 nitrogen and oxygen atoms in total. The standard InChI is InChI=1S/C22H30N2O4/c1-5-6-7-13-24-20(27)12-11-16(22(24)28)14-19(26)21-17(15(2)25)9-8-10-18(21)23(3)4/h8-10,16H,5-7,11-14H2,1-4H3. The van der Waals surface area contributed by atoms with Gasteiger partial charge in [-0.3, -0.25) is 24.1 Å². The van der Waals surface area contributed by atoms with Crippen molar-refractivity contribution in [1.82, 2.24) is 4.90 Å². The first-order chi connectivity index (χ1) is 13.3. The van der Waals surface area contributed by atoms with Gasteiger partial charge in [0.25, 0.3) is 0 Å². The third-order valence-electron chi connectivity index (χ3n) is 5.22. The topological polar surface area (TPSA) is 74.8 Å². The van der Waals surface area contributed by atoms with Gasteiger partial charge in [-0.15, -0.1) is 0 Å². The lowest BCUT2D eigenvalue weighted by atomic mass is 9.87. The van der Waals surface area contributed by atoms with Crippen molar-refractivity contribution in [3.05, 3.63) is 29.3 Å². The molecule has 28 heavy (non-hydrogen) atoms. The van der Waals surface area contributed by atoms with Gasteiger partial charge in [-0.05, 0) is 25.8 Å². The van der Waals surface area contributed by atoms with E-state index in [1.54, 1.807) is 23.1 Å². The Hall–Kier alpha value is -2.50. The Bertz CT molecular complexity index is 770. The smallest absolute Gasteiger partial charge is 0.232 e. The Labute approximate surface area is 166 Å². The number of carbonyl (C=O) groups excluding carboxylic acids is 4. The molecule has 1 fully saturated rings. The number of benzene rings is 1. The molecule has 6 heteroatoms. The van der Waals surface area contributed by atoms with E-state index in [0.29, 0.717) is 29.8 Å². The van der Waals surface area contributed by atoms with Gasteiger partial charge >= 0.3 is 0 Å². The van der Waals surface area contributed by atoms with Crippen LogP contribution >= 0.6 is 0 Å². The van der Waals surface area contributed by atoms with E-state index >= 15 is 0 Å². The molecule has 0 aliphatic carbocycles. The molecule has 1 saturated heterocycles. The number of amides is 2. The predicted molar refractivity (Wildman–Crippen MR) is 109 cm³/mol. The Morgan fingerprint density at radius 3 is 2.50 bits per heavy atom. The number of Topliss-reactive ketones (excluding diaryl/α,β-unsaturated/α-hetero) is 2. The summed E-state index contributed by atoms with van der Waals surface area (Å²) in [5, 5.41) is 0. The lowest BCUT2D eigenvalue weighted by Crippen LogP contribution is -2.46. The molecule has 0 radical (unpaired) electrons. The maximum atomic E-state index is 13.1. The number of nitrogens with zero attached hydrogens (tertiary/aromatic N) is 2. The van der Waals surface area contributed by atoms with Crippen molar-refractivity contribution < 1.29 is 19.2 Å². The minimum absolute atomic E-state index is 0.0154. The molecule has 2 amide bonds. The number of unbranched alkanes of at least 4 members (excludes halogenated alkanes) is 2. The fraction of sp³-hybridized carbons (Fsp3) is 0.545. The molecule has 1 aliphatic rings. The second-order valence-corrected chi connectivity index (χ2v) is 7.60. The van der Waals surface area contributed by atoms with Gasteiger partial charge in [-0.2, -0.15) is 0 Å². The molecule has 1 heterocycles. The van der Waals surface area contributed by atoms with Crippen molar-refractivity contribution in [2.75, 3.05) is 25.5 Å². The number of ketones is 2. The van der Waals surface area contributed by atoms with Crippen LogP contribution in [-0.2, 0) is 9.59 Å². The molecule has 0 aromatic heterocycles. The van der Waals surface area contributed by atoms with Gasteiger partial charge in [0.15, 0.2) is 11.6 Å². The molecule has 0 N–H and O–H groups in total. The zero-order chi connectivity index (χ0) is 20.8. The number of hydrogen-bond acceptors (Lipinski definition) is 5. The number of piperidine rings is 1. The number of carbonyl (C=O) groups is 4. The molecule has 1 atom stereocenters. The molecular weight excluding hydrogens is 356 g/mol. The van der Waals surface area contributed by atoms with Gasteiger partial charge in [0, 0.05) is 50.7 Å². The highest BCUT2D eigenvalue weighted by molar-refractivity contribution is 6.13. The predicted octanol–water partition coefficient (Wildman–Crippen LogP) is 3.48. The summed E-state index contributed by atoms with van der Waals surface area (Å²) in [6.07, 6.45) is 3.43. The van der Waals surface area contributed by atoms with E-state index in [2.05, 4.69) is 6.92 Å². The molecule has 2 rings (SSSR count). The summed E-state index contributed by atoms with van der Waals surface area (Å²) in [7, 11) is 3.63. The number of rotatable bonds is 9. The average Bonchev–Trinajstić information content (AvgIpc) is 2.65. The fourth-order valence-electron chi connectivity index (χ4n) is 3.67. The quantitative estimate of drug-likeness (QED) is 0.369. The van der Waals surface area contributed by atoms with Crippen LogP contribution in [0.5, 0.6) is 0 Å². The second kappa shape index (κ2) is 9.62. The molecule has 1 aromatic carbocycles. The van der Waals surface area contributed by atoms with E-state index in [0.717, 1.165) is 19.3 Å². The van der Waals surface area contributed by atoms with Crippen molar-refractivity contribution in [2.45, 2.75) is 52.4 Å². The molecular formula is C22H30N2O4. The number of likely N-dealkylation sites (tertiary alicyclic amines) is 1. The van der Waals surface area contributed by atoms with Crippen LogP contribution in [0.15, 0.2) is 18.2 Å². The summed E-state index contributed by atoms with van der Waals surface area (Å²) in [6.45, 7) is 3.92. The number of hydrogen-bond donors (Lipinski definition) is 0. The monoisotopic (exact) mass is 386 g/mol. The molecule has 1 unspecified atom stereocenters. The Morgan fingerprint density at radius 1 is 1.18 bits per heavy atom. The van der Waals surface area contributed by atoms with Gasteiger partial charge < -0.3 is 4.90 Å². The summed E-state index contributed by atoms with van der Waals surface area (Å²) in [5.41, 5.74) is 1.40. The number of anilines is 1. The molecule has 0 saturated carbocycles. The largest absolute Gasteiger partial charge is 0.377 e. The third kappa shape index (κ3) is 4.86. The van der Waals surface area contributed by atoms with E-state index in [4.69, 9.17) is 0 Å². The molecule has 1 aromatic rings. The first kappa shape index (κ1) is 21.8. The summed E-state index contributed by atoms with van der Waals surface area (Å²) in [6, 6.07) is 5.19. The van der Waals surface area contributed by atoms with E-state index in [-0.39, 0.29) is 36.2 Å². The van der Waals surface area contributed by atoms with E-state index < -0.39 is 5.92 Å². The summed E-state index contributed by atoms with van der Waals surface area (Å²) < 4.78 is 0. The van der Waals surface area contributed by atoms with Crippen LogP contribution in [0.3, 0.4) is 0 Å². The van der Waals surface area contributed by atoms with Crippen LogP contribution in [0.4, 0.5) is 5.69 Å². The van der Waals surface area contributed by atoms with Crippen LogP contribution in [0, 0.1) is 5.92 Å². The fourth-order valence-corrected chi connectivity index (χ4v) is 3.67. The van der Waals surface area contributed by atoms with E-state index in [9.17, 15) is 19.2 Å². The Balaban J connectivity index is 2.24. The van der Waals surface area contributed by atoms with Gasteiger partial charge in [-0.25, -0.2) is 0 Å². The van der Waals surface area contributed by atoms with Gasteiger partial charge in [0.1, 0.15) is 0 Å². The van der Waals surface area contributed by atoms with Crippen molar-refractivity contribution >= 4 is 29.1 Å². The lowest BCUT2D eigenvalue weighted by molar-refractivity contribution is -0.151. The molecule has 0 spiro atoms. The lowest BCUT2D eigenvalue weighted by Gasteiger charge is -2.30. The van der Waals surface area contributed by atoms with Crippen molar-refractivity contribution in [1.29, 1.82) is 0 Å². The van der Waals surface area contributed by atoms with Crippen LogP contribution < -0.4 is 4.90 Å². The van der Waals surface area contributed by atoms with Gasteiger partial charge in [0.2, 0.25) is 11.8 Å². The highest BCUT2D eigenvalue weighted by atomic mass is 16.2. The van der Waals surface area contributed by atoms with E-state index in [1.807, 2.05) is 14.1 Å². The number of imide groups is 1. The van der Waals surface area contributed by atoms with Crippen LogP contribution in [-0.4, -0.2) is 48.9 Å².